The average molecular weight is 318 g/mol. The SMILES string of the molecule is C#CC(C)(C)OP(F)(F)(OC(C)(C)C#C)OC(C)(C)C#C. The molecule has 0 aliphatic rings. The second-order valence-corrected chi connectivity index (χ2v) is 7.89. The average Bonchev–Trinajstić information content (AvgIpc) is 2.25. The molecule has 0 radical (unpaired) electrons. The summed E-state index contributed by atoms with van der Waals surface area (Å²) in [6.45, 7) is 7.70. The summed E-state index contributed by atoms with van der Waals surface area (Å²) in [4.78, 5) is 0. The fourth-order valence-corrected chi connectivity index (χ4v) is 3.63. The Morgan fingerprint density at radius 1 is 0.667 bits per heavy atom. The standard InChI is InChI=1S/C15H21F2O3P/c1-10-13(4,5)18-21(16,17,19-14(6,7)11-2)20-15(8,9)12-3/h1-3H,4-9H3. The van der Waals surface area contributed by atoms with Crippen molar-refractivity contribution in [3.05, 3.63) is 0 Å². The molecule has 0 N–H and O–H groups in total. The van der Waals surface area contributed by atoms with Crippen molar-refractivity contribution >= 4 is 7.91 Å². The van der Waals surface area contributed by atoms with Gasteiger partial charge in [0.15, 0.2) is 0 Å². The maximum absolute atomic E-state index is 15.0. The number of rotatable bonds is 6. The molecule has 0 rings (SSSR count). The van der Waals surface area contributed by atoms with E-state index in [9.17, 15) is 0 Å². The first-order valence-corrected chi connectivity index (χ1v) is 7.89. The van der Waals surface area contributed by atoms with Gasteiger partial charge in [-0.2, -0.15) is 0 Å². The zero-order chi connectivity index (χ0) is 17.2. The Morgan fingerprint density at radius 2 is 0.857 bits per heavy atom. The fourth-order valence-electron chi connectivity index (χ4n) is 1.21. The van der Waals surface area contributed by atoms with Gasteiger partial charge in [0.05, 0.1) is 0 Å². The van der Waals surface area contributed by atoms with Gasteiger partial charge in [-0.15, -0.1) is 0 Å². The van der Waals surface area contributed by atoms with E-state index in [1.165, 1.54) is 41.5 Å². The number of hydrogen-bond donors (Lipinski definition) is 0. The van der Waals surface area contributed by atoms with Crippen molar-refractivity contribution in [2.45, 2.75) is 58.3 Å². The number of terminal acetylenes is 3. The van der Waals surface area contributed by atoms with Crippen molar-refractivity contribution in [1.82, 2.24) is 0 Å². The Morgan fingerprint density at radius 3 is 1.00 bits per heavy atom. The Hall–Kier alpha value is -1.15. The van der Waals surface area contributed by atoms with Crippen LogP contribution in [0.4, 0.5) is 8.39 Å². The van der Waals surface area contributed by atoms with Gasteiger partial charge < -0.3 is 0 Å². The van der Waals surface area contributed by atoms with Crippen LogP contribution in [0.3, 0.4) is 0 Å². The van der Waals surface area contributed by atoms with E-state index in [1.54, 1.807) is 0 Å². The summed E-state index contributed by atoms with van der Waals surface area (Å²) >= 11 is 0. The molecular formula is C15H21F2O3P. The summed E-state index contributed by atoms with van der Waals surface area (Å²) in [5.41, 5.74) is -4.88. The minimum atomic E-state index is -6.64. The van der Waals surface area contributed by atoms with Crippen molar-refractivity contribution in [2.24, 2.45) is 0 Å². The normalized spacial score (nSPS) is 15.2. The van der Waals surface area contributed by atoms with E-state index < -0.39 is 24.7 Å². The first kappa shape index (κ1) is 19.9. The molecule has 0 fully saturated rings. The van der Waals surface area contributed by atoms with Crippen molar-refractivity contribution < 1.29 is 22.0 Å². The third-order valence-electron chi connectivity index (χ3n) is 2.16. The second-order valence-electron chi connectivity index (χ2n) is 5.94. The van der Waals surface area contributed by atoms with Gasteiger partial charge in [0.2, 0.25) is 0 Å². The van der Waals surface area contributed by atoms with Gasteiger partial charge in [0, 0.05) is 0 Å². The number of hydrogen-bond acceptors (Lipinski definition) is 3. The summed E-state index contributed by atoms with van der Waals surface area (Å²) in [5.74, 6) is 6.29. The van der Waals surface area contributed by atoms with Crippen molar-refractivity contribution in [3.8, 4) is 37.0 Å². The van der Waals surface area contributed by atoms with Gasteiger partial charge in [0.1, 0.15) is 0 Å². The molecule has 0 unspecified atom stereocenters. The van der Waals surface area contributed by atoms with E-state index in [0.717, 1.165) is 0 Å². The van der Waals surface area contributed by atoms with Crippen molar-refractivity contribution in [2.75, 3.05) is 0 Å². The third kappa shape index (κ3) is 6.43. The summed E-state index contributed by atoms with van der Waals surface area (Å²) in [6.07, 6.45) is 15.6. The van der Waals surface area contributed by atoms with E-state index in [4.69, 9.17) is 32.8 Å². The Bertz CT molecular complexity index is 455. The van der Waals surface area contributed by atoms with Crippen LogP contribution in [-0.2, 0) is 13.6 Å². The molecule has 0 aliphatic carbocycles. The summed E-state index contributed by atoms with van der Waals surface area (Å²) in [5, 5.41) is 0. The summed E-state index contributed by atoms with van der Waals surface area (Å²) < 4.78 is 44.4. The molecule has 0 aliphatic heterocycles. The van der Waals surface area contributed by atoms with E-state index >= 15 is 8.39 Å². The van der Waals surface area contributed by atoms with Crippen molar-refractivity contribution in [1.29, 1.82) is 0 Å². The molecule has 0 saturated carbocycles. The first-order chi connectivity index (χ1) is 9.09. The Balaban J connectivity index is 5.85. The van der Waals surface area contributed by atoms with Crippen LogP contribution in [-0.4, -0.2) is 16.8 Å². The molecule has 0 atom stereocenters. The van der Waals surface area contributed by atoms with Gasteiger partial charge in [0.25, 0.3) is 0 Å². The summed E-state index contributed by atoms with van der Waals surface area (Å²) in [7, 11) is -6.64. The van der Waals surface area contributed by atoms with Gasteiger partial charge in [-0.05, 0) is 0 Å². The molecule has 0 bridgehead atoms. The Kier molecular flexibility index (Phi) is 5.26. The predicted molar refractivity (Wildman–Crippen MR) is 81.1 cm³/mol. The molecular weight excluding hydrogens is 297 g/mol. The van der Waals surface area contributed by atoms with Crippen LogP contribution in [0, 0.1) is 37.0 Å². The van der Waals surface area contributed by atoms with Crippen LogP contribution >= 0.6 is 7.91 Å². The second kappa shape index (κ2) is 5.57. The quantitative estimate of drug-likeness (QED) is 0.538. The summed E-state index contributed by atoms with van der Waals surface area (Å²) in [6, 6.07) is 0. The third-order valence-corrected chi connectivity index (χ3v) is 4.39. The molecule has 0 heterocycles. The van der Waals surface area contributed by atoms with Crippen LogP contribution in [0.2, 0.25) is 0 Å². The van der Waals surface area contributed by atoms with Gasteiger partial charge >= 0.3 is 125 Å². The fraction of sp³-hybridized carbons (Fsp3) is 0.600. The van der Waals surface area contributed by atoms with Gasteiger partial charge in [-0.3, -0.25) is 0 Å². The molecule has 0 amide bonds. The topological polar surface area (TPSA) is 27.7 Å². The molecule has 21 heavy (non-hydrogen) atoms. The van der Waals surface area contributed by atoms with E-state index in [2.05, 4.69) is 17.8 Å². The van der Waals surface area contributed by atoms with Crippen molar-refractivity contribution in [3.63, 3.8) is 0 Å². The minimum absolute atomic E-state index is 1.28. The molecule has 6 heteroatoms. The molecule has 3 nitrogen and oxygen atoms in total. The predicted octanol–water partition coefficient (Wildman–Crippen LogP) is 4.34. The van der Waals surface area contributed by atoms with E-state index in [-0.39, 0.29) is 0 Å². The Labute approximate surface area is 126 Å². The molecule has 118 valence electrons. The first-order valence-electron chi connectivity index (χ1n) is 6.11. The van der Waals surface area contributed by atoms with Crippen LogP contribution < -0.4 is 0 Å². The molecule has 0 aromatic heterocycles. The van der Waals surface area contributed by atoms with E-state index in [1.807, 2.05) is 0 Å². The number of halogens is 2. The zero-order valence-electron chi connectivity index (χ0n) is 13.2. The van der Waals surface area contributed by atoms with Crippen LogP contribution in [0.5, 0.6) is 0 Å². The van der Waals surface area contributed by atoms with Gasteiger partial charge in [-0.25, -0.2) is 0 Å². The molecule has 0 aromatic carbocycles. The molecule has 0 aromatic rings. The molecule has 0 spiro atoms. The van der Waals surface area contributed by atoms with Gasteiger partial charge in [-0.1, -0.05) is 0 Å². The zero-order valence-corrected chi connectivity index (χ0v) is 14.1. The van der Waals surface area contributed by atoms with Crippen LogP contribution in [0.15, 0.2) is 0 Å². The monoisotopic (exact) mass is 318 g/mol. The molecule has 0 saturated heterocycles. The van der Waals surface area contributed by atoms with Crippen LogP contribution in [0.1, 0.15) is 41.5 Å². The maximum atomic E-state index is 15.0. The van der Waals surface area contributed by atoms with Crippen LogP contribution in [0.25, 0.3) is 0 Å². The van der Waals surface area contributed by atoms with E-state index in [0.29, 0.717) is 0 Å².